The van der Waals surface area contributed by atoms with Crippen molar-refractivity contribution in [2.45, 2.75) is 13.5 Å². The third-order valence-corrected chi connectivity index (χ3v) is 5.85. The number of piperazine rings is 1. The number of nitrogens with one attached hydrogen (secondary N) is 3. The number of amides is 1. The van der Waals surface area contributed by atoms with Crippen LogP contribution in [0.25, 0.3) is 0 Å². The fourth-order valence-electron chi connectivity index (χ4n) is 4.10. The van der Waals surface area contributed by atoms with Crippen LogP contribution < -0.4 is 29.3 Å². The molecule has 0 bridgehead atoms. The Morgan fingerprint density at radius 1 is 1.00 bits per heavy atom. The number of rotatable bonds is 7. The number of ketones is 1. The third kappa shape index (κ3) is 5.15. The lowest BCUT2D eigenvalue weighted by molar-refractivity contribution is -1.02. The number of hydrogen-bond acceptors (Lipinski definition) is 5. The van der Waals surface area contributed by atoms with Crippen molar-refractivity contribution >= 4 is 17.4 Å². The largest absolute Gasteiger partial charge is 0.497 e. The molecule has 31 heavy (non-hydrogen) atoms. The molecule has 164 valence electrons. The lowest BCUT2D eigenvalue weighted by Crippen LogP contribution is -3.28. The molecule has 1 amide bonds. The molecule has 3 N–H and O–H groups in total. The number of carbonyl (C=O) groups is 2. The summed E-state index contributed by atoms with van der Waals surface area (Å²) in [4.78, 5) is 27.4. The van der Waals surface area contributed by atoms with Gasteiger partial charge in [-0.1, -0.05) is 0 Å². The van der Waals surface area contributed by atoms with Gasteiger partial charge in [0.1, 0.15) is 38.5 Å². The average molecular weight is 428 g/mol. The summed E-state index contributed by atoms with van der Waals surface area (Å²) in [5.41, 5.74) is 2.20. The number of hydrogen-bond donors (Lipinski definition) is 3. The van der Waals surface area contributed by atoms with E-state index in [0.29, 0.717) is 29.3 Å². The van der Waals surface area contributed by atoms with Crippen molar-refractivity contribution in [1.82, 2.24) is 0 Å². The Morgan fingerprint density at radius 3 is 2.29 bits per heavy atom. The lowest BCUT2D eigenvalue weighted by Gasteiger charge is -2.29. The van der Waals surface area contributed by atoms with Gasteiger partial charge in [0, 0.05) is 17.2 Å². The van der Waals surface area contributed by atoms with Crippen LogP contribution in [0.2, 0.25) is 0 Å². The first kappa shape index (κ1) is 21.1. The molecular formula is C23H29N3O5+2. The molecule has 2 aliphatic heterocycles. The van der Waals surface area contributed by atoms with Crippen molar-refractivity contribution in [3.8, 4) is 17.2 Å². The number of methoxy groups -OCH3 is 1. The molecule has 0 unspecified atom stereocenters. The van der Waals surface area contributed by atoms with Crippen LogP contribution in [0.15, 0.2) is 36.4 Å². The molecule has 2 heterocycles. The number of anilines is 1. The molecule has 8 nitrogen and oxygen atoms in total. The van der Waals surface area contributed by atoms with Gasteiger partial charge in [0.2, 0.25) is 6.79 Å². The van der Waals surface area contributed by atoms with Gasteiger partial charge in [-0.25, -0.2) is 0 Å². The highest BCUT2D eigenvalue weighted by Gasteiger charge is 2.26. The molecule has 1 fully saturated rings. The molecule has 0 radical (unpaired) electrons. The molecule has 0 spiro atoms. The van der Waals surface area contributed by atoms with Gasteiger partial charge in [-0.2, -0.15) is 0 Å². The Bertz CT molecular complexity index is 952. The van der Waals surface area contributed by atoms with E-state index >= 15 is 0 Å². The second kappa shape index (κ2) is 9.36. The SMILES string of the molecule is COc1ccc(C[NH+]2CC[NH+](CC(=O)Nc3cc4c(cc3C(C)=O)OCO4)CC2)cc1. The van der Waals surface area contributed by atoms with E-state index in [-0.39, 0.29) is 18.5 Å². The van der Waals surface area contributed by atoms with Crippen molar-refractivity contribution in [1.29, 1.82) is 0 Å². The summed E-state index contributed by atoms with van der Waals surface area (Å²) in [5, 5.41) is 2.90. The van der Waals surface area contributed by atoms with E-state index in [9.17, 15) is 9.59 Å². The quantitative estimate of drug-likeness (QED) is 0.522. The summed E-state index contributed by atoms with van der Waals surface area (Å²) >= 11 is 0. The number of quaternary nitrogens is 2. The van der Waals surface area contributed by atoms with Gasteiger partial charge in [0.25, 0.3) is 5.91 Å². The number of Topliss-reactive ketones (excluding diaryl/α,β-unsaturated/α-hetero) is 1. The fraction of sp³-hybridized carbons (Fsp3) is 0.391. The molecule has 0 aromatic heterocycles. The van der Waals surface area contributed by atoms with E-state index in [2.05, 4.69) is 17.4 Å². The summed E-state index contributed by atoms with van der Waals surface area (Å²) in [6.45, 7) is 6.83. The Labute approximate surface area is 181 Å². The second-order valence-electron chi connectivity index (χ2n) is 8.06. The van der Waals surface area contributed by atoms with Gasteiger partial charge in [-0.15, -0.1) is 0 Å². The number of benzene rings is 2. The zero-order valence-corrected chi connectivity index (χ0v) is 18.0. The maximum Gasteiger partial charge on any atom is 0.279 e. The van der Waals surface area contributed by atoms with E-state index in [1.54, 1.807) is 19.2 Å². The van der Waals surface area contributed by atoms with E-state index < -0.39 is 0 Å². The molecule has 2 aromatic carbocycles. The Morgan fingerprint density at radius 2 is 1.65 bits per heavy atom. The molecule has 2 aliphatic rings. The van der Waals surface area contributed by atoms with Gasteiger partial charge in [-0.3, -0.25) is 9.59 Å². The molecular weight excluding hydrogens is 398 g/mol. The van der Waals surface area contributed by atoms with E-state index in [0.717, 1.165) is 38.5 Å². The molecule has 1 saturated heterocycles. The van der Waals surface area contributed by atoms with Crippen molar-refractivity contribution in [2.24, 2.45) is 0 Å². The Hall–Kier alpha value is -3.10. The van der Waals surface area contributed by atoms with Crippen molar-refractivity contribution in [3.63, 3.8) is 0 Å². The predicted octanol–water partition coefficient (Wildman–Crippen LogP) is -0.451. The van der Waals surface area contributed by atoms with E-state index in [1.165, 1.54) is 22.3 Å². The molecule has 8 heteroatoms. The number of fused-ring (bicyclic) bond motifs is 1. The minimum Gasteiger partial charge on any atom is -0.497 e. The highest BCUT2D eigenvalue weighted by atomic mass is 16.7. The maximum atomic E-state index is 12.7. The first-order valence-electron chi connectivity index (χ1n) is 10.6. The van der Waals surface area contributed by atoms with Crippen molar-refractivity contribution in [2.75, 3.05) is 51.9 Å². The third-order valence-electron chi connectivity index (χ3n) is 5.85. The molecule has 0 aliphatic carbocycles. The smallest absolute Gasteiger partial charge is 0.279 e. The van der Waals surface area contributed by atoms with Crippen LogP contribution in [0.5, 0.6) is 17.2 Å². The molecule has 0 atom stereocenters. The summed E-state index contributed by atoms with van der Waals surface area (Å²) < 4.78 is 15.9. The standard InChI is InChI=1S/C23H27N3O5/c1-16(27)19-11-21-22(31-15-30-21)12-20(19)24-23(28)14-26-9-7-25(8-10-26)13-17-3-5-18(29-2)6-4-17/h3-6,11-12H,7-10,13-15H2,1-2H3,(H,24,28)/p+2. The lowest BCUT2D eigenvalue weighted by atomic mass is 10.1. The highest BCUT2D eigenvalue weighted by molar-refractivity contribution is 6.04. The summed E-state index contributed by atoms with van der Waals surface area (Å²) in [5.74, 6) is 1.72. The maximum absolute atomic E-state index is 12.7. The van der Waals surface area contributed by atoms with Gasteiger partial charge in [-0.05, 0) is 37.3 Å². The normalized spacial score (nSPS) is 19.7. The topological polar surface area (TPSA) is 82.7 Å². The van der Waals surface area contributed by atoms with Crippen LogP contribution >= 0.6 is 0 Å². The van der Waals surface area contributed by atoms with E-state index in [4.69, 9.17) is 14.2 Å². The fourth-order valence-corrected chi connectivity index (χ4v) is 4.10. The van der Waals surface area contributed by atoms with Crippen LogP contribution in [-0.2, 0) is 11.3 Å². The summed E-state index contributed by atoms with van der Waals surface area (Å²) in [6.07, 6.45) is 0. The monoisotopic (exact) mass is 427 g/mol. The summed E-state index contributed by atoms with van der Waals surface area (Å²) in [6, 6.07) is 11.5. The van der Waals surface area contributed by atoms with Crippen LogP contribution in [0.4, 0.5) is 5.69 Å². The van der Waals surface area contributed by atoms with E-state index in [1.807, 2.05) is 12.1 Å². The van der Waals surface area contributed by atoms with Crippen LogP contribution in [0.3, 0.4) is 0 Å². The minimum absolute atomic E-state index is 0.102. The molecule has 4 rings (SSSR count). The predicted molar refractivity (Wildman–Crippen MR) is 114 cm³/mol. The molecule has 0 saturated carbocycles. The first-order valence-corrected chi connectivity index (χ1v) is 10.6. The number of carbonyl (C=O) groups excluding carboxylic acids is 2. The second-order valence-corrected chi connectivity index (χ2v) is 8.06. The zero-order valence-electron chi connectivity index (χ0n) is 18.0. The van der Waals surface area contributed by atoms with Crippen LogP contribution in [-0.4, -0.2) is 58.3 Å². The summed E-state index contributed by atoms with van der Waals surface area (Å²) in [7, 11) is 1.67. The Kier molecular flexibility index (Phi) is 6.39. The van der Waals surface area contributed by atoms with Gasteiger partial charge in [0.15, 0.2) is 23.8 Å². The zero-order chi connectivity index (χ0) is 21.8. The van der Waals surface area contributed by atoms with Crippen molar-refractivity contribution < 1.29 is 33.6 Å². The average Bonchev–Trinajstić information content (AvgIpc) is 3.22. The van der Waals surface area contributed by atoms with Gasteiger partial charge < -0.3 is 29.3 Å². The van der Waals surface area contributed by atoms with Crippen LogP contribution in [0, 0.1) is 0 Å². The minimum atomic E-state index is -0.128. The first-order chi connectivity index (χ1) is 15.0. The van der Waals surface area contributed by atoms with Crippen molar-refractivity contribution in [3.05, 3.63) is 47.5 Å². The highest BCUT2D eigenvalue weighted by Crippen LogP contribution is 2.37. The Balaban J connectivity index is 1.29. The van der Waals surface area contributed by atoms with Gasteiger partial charge >= 0.3 is 0 Å². The van der Waals surface area contributed by atoms with Crippen LogP contribution in [0.1, 0.15) is 22.8 Å². The molecule has 2 aromatic rings. The van der Waals surface area contributed by atoms with Gasteiger partial charge in [0.05, 0.1) is 12.8 Å². The number of ether oxygens (including phenoxy) is 3.